The van der Waals surface area contributed by atoms with Crippen molar-refractivity contribution < 1.29 is 28.7 Å². The number of rotatable bonds is 6. The molecule has 0 saturated carbocycles. The molecule has 4 rings (SSSR count). The first-order chi connectivity index (χ1) is 16.3. The van der Waals surface area contributed by atoms with E-state index in [0.717, 1.165) is 4.47 Å². The molecule has 3 aromatic carbocycles. The molecule has 3 aromatic rings. The Balaban J connectivity index is 1.55. The van der Waals surface area contributed by atoms with Crippen molar-refractivity contribution in [3.63, 3.8) is 0 Å². The average molecular weight is 523 g/mol. The molecule has 0 saturated heterocycles. The van der Waals surface area contributed by atoms with Gasteiger partial charge in [-0.15, -0.1) is 0 Å². The molecule has 0 radical (unpaired) electrons. The summed E-state index contributed by atoms with van der Waals surface area (Å²) >= 11 is 3.31. The maximum atomic E-state index is 12.4. The average Bonchev–Trinajstić information content (AvgIpc) is 3.20. The lowest BCUT2D eigenvalue weighted by molar-refractivity contribution is -0.384. The molecule has 9 nitrogen and oxygen atoms in total. The molecule has 1 heterocycles. The number of hydrogen-bond donors (Lipinski definition) is 0. The Kier molecular flexibility index (Phi) is 6.51. The SMILES string of the molecule is COc1cc(/C=C2\N=C(c3ccc([N+](=O)[O-])cc3)OC2=O)ccc1OC(=O)c1ccc(Br)cc1. The van der Waals surface area contributed by atoms with Gasteiger partial charge in [0.25, 0.3) is 5.69 Å². The van der Waals surface area contributed by atoms with Gasteiger partial charge in [0.2, 0.25) is 5.90 Å². The van der Waals surface area contributed by atoms with Crippen LogP contribution in [0.2, 0.25) is 0 Å². The zero-order chi connectivity index (χ0) is 24.2. The number of hydrogen-bond acceptors (Lipinski definition) is 8. The highest BCUT2D eigenvalue weighted by Crippen LogP contribution is 2.30. The summed E-state index contributed by atoms with van der Waals surface area (Å²) in [6.07, 6.45) is 1.49. The second-order valence-corrected chi connectivity index (χ2v) is 7.86. The molecule has 0 N–H and O–H groups in total. The van der Waals surface area contributed by atoms with E-state index in [1.165, 1.54) is 37.5 Å². The van der Waals surface area contributed by atoms with E-state index >= 15 is 0 Å². The van der Waals surface area contributed by atoms with Crippen LogP contribution in [0.25, 0.3) is 6.08 Å². The predicted molar refractivity (Wildman–Crippen MR) is 126 cm³/mol. The lowest BCUT2D eigenvalue weighted by atomic mass is 10.1. The number of methoxy groups -OCH3 is 1. The van der Waals surface area contributed by atoms with Crippen LogP contribution in [0.4, 0.5) is 5.69 Å². The largest absolute Gasteiger partial charge is 0.493 e. The maximum absolute atomic E-state index is 12.4. The van der Waals surface area contributed by atoms with E-state index < -0.39 is 16.9 Å². The number of nitro benzene ring substituents is 1. The first-order valence-electron chi connectivity index (χ1n) is 9.77. The van der Waals surface area contributed by atoms with E-state index in [2.05, 4.69) is 20.9 Å². The molecule has 0 unspecified atom stereocenters. The molecule has 0 fully saturated rings. The molecule has 0 amide bonds. The molecule has 10 heteroatoms. The molecule has 1 aliphatic heterocycles. The number of esters is 2. The van der Waals surface area contributed by atoms with Crippen molar-refractivity contribution in [2.75, 3.05) is 7.11 Å². The fourth-order valence-electron chi connectivity index (χ4n) is 3.02. The van der Waals surface area contributed by atoms with Gasteiger partial charge in [-0.3, -0.25) is 10.1 Å². The number of halogens is 1. The van der Waals surface area contributed by atoms with Crippen LogP contribution in [0.3, 0.4) is 0 Å². The summed E-state index contributed by atoms with van der Waals surface area (Å²) in [5.41, 5.74) is 1.31. The standard InChI is InChI=1S/C24H15BrN2O7/c1-32-21-13-14(2-11-20(21)33-23(28)16-3-7-17(25)8-4-16)12-19-24(29)34-22(26-19)15-5-9-18(10-6-15)27(30)31/h2-13H,1H3/b19-12-. The number of carbonyl (C=O) groups excluding carboxylic acids is 2. The summed E-state index contributed by atoms with van der Waals surface area (Å²) in [4.78, 5) is 39.1. The Bertz CT molecular complexity index is 1350. The Labute approximate surface area is 201 Å². The number of aliphatic imine (C=N–C) groups is 1. The fraction of sp³-hybridized carbons (Fsp3) is 0.0417. The van der Waals surface area contributed by atoms with Gasteiger partial charge in [-0.2, -0.15) is 0 Å². The Morgan fingerprint density at radius 2 is 1.76 bits per heavy atom. The number of carbonyl (C=O) groups is 2. The number of cyclic esters (lactones) is 1. The number of non-ortho nitro benzene ring substituents is 1. The van der Waals surface area contributed by atoms with Crippen molar-refractivity contribution in [2.24, 2.45) is 4.99 Å². The smallest absolute Gasteiger partial charge is 0.363 e. The van der Waals surface area contributed by atoms with Gasteiger partial charge in [0, 0.05) is 22.2 Å². The van der Waals surface area contributed by atoms with Gasteiger partial charge < -0.3 is 14.2 Å². The third-order valence-electron chi connectivity index (χ3n) is 4.72. The molecule has 1 aliphatic rings. The number of nitro groups is 1. The molecule has 34 heavy (non-hydrogen) atoms. The number of benzene rings is 3. The molecule has 0 spiro atoms. The monoisotopic (exact) mass is 522 g/mol. The molecule has 0 aliphatic carbocycles. The van der Waals surface area contributed by atoms with Crippen molar-refractivity contribution >= 4 is 45.5 Å². The van der Waals surface area contributed by atoms with Crippen molar-refractivity contribution in [3.8, 4) is 11.5 Å². The normalized spacial score (nSPS) is 13.9. The van der Waals surface area contributed by atoms with Crippen molar-refractivity contribution in [1.82, 2.24) is 0 Å². The topological polar surface area (TPSA) is 117 Å². The van der Waals surface area contributed by atoms with Crippen LogP contribution in [-0.4, -0.2) is 29.9 Å². The van der Waals surface area contributed by atoms with Crippen LogP contribution < -0.4 is 9.47 Å². The second kappa shape index (κ2) is 9.67. The van der Waals surface area contributed by atoms with Crippen LogP contribution in [0.15, 0.2) is 81.9 Å². The summed E-state index contributed by atoms with van der Waals surface area (Å²) in [6.45, 7) is 0. The highest BCUT2D eigenvalue weighted by molar-refractivity contribution is 9.10. The van der Waals surface area contributed by atoms with Gasteiger partial charge in [-0.25, -0.2) is 14.6 Å². The quantitative estimate of drug-likeness (QED) is 0.148. The number of ether oxygens (including phenoxy) is 3. The zero-order valence-corrected chi connectivity index (χ0v) is 19.1. The summed E-state index contributed by atoms with van der Waals surface area (Å²) in [6, 6.07) is 17.0. The summed E-state index contributed by atoms with van der Waals surface area (Å²) in [5, 5.41) is 10.8. The van der Waals surface area contributed by atoms with Crippen molar-refractivity contribution in [3.05, 3.63) is 104 Å². The van der Waals surface area contributed by atoms with Crippen LogP contribution in [0.5, 0.6) is 11.5 Å². The van der Waals surface area contributed by atoms with E-state index in [4.69, 9.17) is 14.2 Å². The first kappa shape index (κ1) is 22.9. The molecular formula is C24H15BrN2O7. The van der Waals surface area contributed by atoms with Gasteiger partial charge in [-0.1, -0.05) is 22.0 Å². The highest BCUT2D eigenvalue weighted by Gasteiger charge is 2.25. The molecular weight excluding hydrogens is 508 g/mol. The Hall–Kier alpha value is -4.31. The van der Waals surface area contributed by atoms with Crippen LogP contribution in [0, 0.1) is 10.1 Å². The van der Waals surface area contributed by atoms with Gasteiger partial charge in [0.05, 0.1) is 17.6 Å². The van der Waals surface area contributed by atoms with E-state index in [1.807, 2.05) is 0 Å². The van der Waals surface area contributed by atoms with E-state index in [-0.39, 0.29) is 28.8 Å². The van der Waals surface area contributed by atoms with E-state index in [0.29, 0.717) is 16.7 Å². The highest BCUT2D eigenvalue weighted by atomic mass is 79.9. The van der Waals surface area contributed by atoms with Gasteiger partial charge in [-0.05, 0) is 60.2 Å². The van der Waals surface area contributed by atoms with E-state index in [9.17, 15) is 19.7 Å². The third-order valence-corrected chi connectivity index (χ3v) is 5.25. The van der Waals surface area contributed by atoms with E-state index in [1.54, 1.807) is 42.5 Å². The van der Waals surface area contributed by atoms with Gasteiger partial charge >= 0.3 is 11.9 Å². The lowest BCUT2D eigenvalue weighted by Crippen LogP contribution is -2.09. The number of nitrogens with zero attached hydrogens (tertiary/aromatic N) is 2. The van der Waals surface area contributed by atoms with Crippen LogP contribution in [-0.2, 0) is 9.53 Å². The Morgan fingerprint density at radius 3 is 2.41 bits per heavy atom. The van der Waals surface area contributed by atoms with Crippen LogP contribution in [0.1, 0.15) is 21.5 Å². The second-order valence-electron chi connectivity index (χ2n) is 6.95. The molecule has 0 bridgehead atoms. The zero-order valence-electron chi connectivity index (χ0n) is 17.6. The minimum absolute atomic E-state index is 0.0370. The molecule has 0 aromatic heterocycles. The molecule has 0 atom stereocenters. The van der Waals surface area contributed by atoms with Gasteiger partial charge in [0.1, 0.15) is 0 Å². The lowest BCUT2D eigenvalue weighted by Gasteiger charge is -2.10. The van der Waals surface area contributed by atoms with Crippen molar-refractivity contribution in [1.29, 1.82) is 0 Å². The minimum Gasteiger partial charge on any atom is -0.493 e. The third kappa shape index (κ3) is 5.02. The van der Waals surface area contributed by atoms with Crippen LogP contribution >= 0.6 is 15.9 Å². The molecule has 170 valence electrons. The summed E-state index contributed by atoms with van der Waals surface area (Å²) < 4.78 is 16.8. The predicted octanol–water partition coefficient (Wildman–Crippen LogP) is 4.93. The maximum Gasteiger partial charge on any atom is 0.363 e. The Morgan fingerprint density at radius 1 is 1.06 bits per heavy atom. The summed E-state index contributed by atoms with van der Waals surface area (Å²) in [7, 11) is 1.43. The minimum atomic E-state index is -0.668. The van der Waals surface area contributed by atoms with Gasteiger partial charge in [0.15, 0.2) is 17.2 Å². The first-order valence-corrected chi connectivity index (χ1v) is 10.6. The van der Waals surface area contributed by atoms with Crippen molar-refractivity contribution in [2.45, 2.75) is 0 Å². The summed E-state index contributed by atoms with van der Waals surface area (Å²) in [5.74, 6) is -0.683. The fourth-order valence-corrected chi connectivity index (χ4v) is 3.28.